The third-order valence-electron chi connectivity index (χ3n) is 5.25. The van der Waals surface area contributed by atoms with Crippen molar-refractivity contribution >= 4 is 22.6 Å². The zero-order valence-electron chi connectivity index (χ0n) is 14.0. The molecule has 3 rings (SSSR count). The fraction of sp³-hybridized carbons (Fsp3) is 0.700. The number of halogens is 1. The molecule has 1 aromatic rings. The highest BCUT2D eigenvalue weighted by Gasteiger charge is 2.33. The van der Waals surface area contributed by atoms with Gasteiger partial charge in [0.2, 0.25) is 0 Å². The van der Waals surface area contributed by atoms with Crippen molar-refractivity contribution in [2.24, 2.45) is 5.92 Å². The summed E-state index contributed by atoms with van der Waals surface area (Å²) in [6, 6.07) is 10.4. The topological polar surface area (TPSA) is 18.5 Å². The molecule has 3 atom stereocenters. The molecular formula is C20H29IO2. The van der Waals surface area contributed by atoms with E-state index in [1.807, 2.05) is 6.07 Å². The van der Waals surface area contributed by atoms with Crippen LogP contribution in [0.15, 0.2) is 30.3 Å². The molecule has 0 bridgehead atoms. The lowest BCUT2D eigenvalue weighted by Gasteiger charge is -2.39. The van der Waals surface area contributed by atoms with Crippen LogP contribution in [-0.2, 0) is 16.1 Å². The molecule has 2 fully saturated rings. The van der Waals surface area contributed by atoms with Crippen molar-refractivity contribution in [2.75, 3.05) is 6.61 Å². The quantitative estimate of drug-likeness (QED) is 0.337. The van der Waals surface area contributed by atoms with E-state index in [-0.39, 0.29) is 0 Å². The molecule has 1 heterocycles. The van der Waals surface area contributed by atoms with Gasteiger partial charge >= 0.3 is 0 Å². The molecule has 2 aliphatic rings. The standard InChI is InChI=1S/C20H29IO2/c21-18-13-19(11-12-22-15-16-7-3-1-4-8-16)23-20(14-18)17-9-5-2-6-10-17/h1,3-4,7-8,17-20H,2,5-6,9-15H2/t18-,19+,20+/m0/s1. The molecule has 23 heavy (non-hydrogen) atoms. The minimum Gasteiger partial charge on any atom is -0.377 e. The van der Waals surface area contributed by atoms with Gasteiger partial charge in [-0.1, -0.05) is 72.2 Å². The second-order valence-electron chi connectivity index (χ2n) is 7.09. The Balaban J connectivity index is 1.40. The van der Waals surface area contributed by atoms with E-state index in [0.717, 1.165) is 22.9 Å². The molecule has 1 saturated carbocycles. The highest BCUT2D eigenvalue weighted by atomic mass is 127. The van der Waals surface area contributed by atoms with Gasteiger partial charge in [-0.3, -0.25) is 0 Å². The van der Waals surface area contributed by atoms with Crippen molar-refractivity contribution in [1.29, 1.82) is 0 Å². The fourth-order valence-corrected chi connectivity index (χ4v) is 5.03. The molecule has 1 aromatic carbocycles. The Kier molecular flexibility index (Phi) is 7.21. The fourth-order valence-electron chi connectivity index (χ4n) is 3.97. The van der Waals surface area contributed by atoms with E-state index in [1.165, 1.54) is 50.5 Å². The third kappa shape index (κ3) is 5.71. The first-order valence-corrected chi connectivity index (χ1v) is 10.5. The summed E-state index contributed by atoms with van der Waals surface area (Å²) in [4.78, 5) is 0. The number of benzene rings is 1. The predicted octanol–water partition coefficient (Wildman–Crippen LogP) is 5.52. The Labute approximate surface area is 154 Å². The summed E-state index contributed by atoms with van der Waals surface area (Å²) < 4.78 is 13.1. The molecule has 1 aliphatic carbocycles. The van der Waals surface area contributed by atoms with Gasteiger partial charge in [0.05, 0.1) is 18.8 Å². The van der Waals surface area contributed by atoms with Crippen molar-refractivity contribution in [2.45, 2.75) is 74.1 Å². The minimum atomic E-state index is 0.397. The Hall–Kier alpha value is -0.130. The van der Waals surface area contributed by atoms with Crippen LogP contribution in [0.4, 0.5) is 0 Å². The van der Waals surface area contributed by atoms with Crippen LogP contribution in [0, 0.1) is 5.92 Å². The van der Waals surface area contributed by atoms with Gasteiger partial charge in [0, 0.05) is 10.5 Å². The van der Waals surface area contributed by atoms with Crippen LogP contribution in [0.1, 0.15) is 56.9 Å². The second-order valence-corrected chi connectivity index (χ2v) is 8.85. The molecule has 0 unspecified atom stereocenters. The Bertz CT molecular complexity index is 444. The molecule has 0 spiro atoms. The predicted molar refractivity (Wildman–Crippen MR) is 103 cm³/mol. The van der Waals surface area contributed by atoms with Gasteiger partial charge < -0.3 is 9.47 Å². The van der Waals surface area contributed by atoms with E-state index >= 15 is 0 Å². The molecule has 3 heteroatoms. The van der Waals surface area contributed by atoms with E-state index < -0.39 is 0 Å². The number of ether oxygens (including phenoxy) is 2. The molecule has 0 radical (unpaired) electrons. The summed E-state index contributed by atoms with van der Waals surface area (Å²) >= 11 is 2.63. The van der Waals surface area contributed by atoms with Crippen LogP contribution >= 0.6 is 22.6 Å². The SMILES string of the molecule is I[C@H]1C[C@@H](CCOCc2ccccc2)O[C@@H](C2CCCCC2)C1. The van der Waals surface area contributed by atoms with Gasteiger partial charge in [0.15, 0.2) is 0 Å². The van der Waals surface area contributed by atoms with E-state index in [2.05, 4.69) is 46.9 Å². The van der Waals surface area contributed by atoms with Crippen LogP contribution in [0.25, 0.3) is 0 Å². The van der Waals surface area contributed by atoms with Crippen molar-refractivity contribution in [3.05, 3.63) is 35.9 Å². The normalized spacial score (nSPS) is 29.5. The summed E-state index contributed by atoms with van der Waals surface area (Å²) in [6.45, 7) is 1.52. The number of alkyl halides is 1. The van der Waals surface area contributed by atoms with E-state index in [1.54, 1.807) is 0 Å². The van der Waals surface area contributed by atoms with Gasteiger partial charge in [0.25, 0.3) is 0 Å². The Morgan fingerprint density at radius 2 is 1.83 bits per heavy atom. The van der Waals surface area contributed by atoms with E-state index in [9.17, 15) is 0 Å². The smallest absolute Gasteiger partial charge is 0.0716 e. The molecular weight excluding hydrogens is 399 g/mol. The first-order valence-electron chi connectivity index (χ1n) is 9.22. The van der Waals surface area contributed by atoms with Gasteiger partial charge in [0.1, 0.15) is 0 Å². The number of hydrogen-bond acceptors (Lipinski definition) is 2. The summed E-state index contributed by atoms with van der Waals surface area (Å²) in [5, 5.41) is 0. The second kappa shape index (κ2) is 9.38. The maximum atomic E-state index is 6.46. The monoisotopic (exact) mass is 428 g/mol. The Morgan fingerprint density at radius 3 is 2.61 bits per heavy atom. The summed E-state index contributed by atoms with van der Waals surface area (Å²) in [5.74, 6) is 0.814. The van der Waals surface area contributed by atoms with Crippen molar-refractivity contribution < 1.29 is 9.47 Å². The molecule has 1 saturated heterocycles. The molecule has 0 N–H and O–H groups in total. The van der Waals surface area contributed by atoms with Crippen LogP contribution < -0.4 is 0 Å². The zero-order valence-corrected chi connectivity index (χ0v) is 16.1. The van der Waals surface area contributed by atoms with Gasteiger partial charge in [-0.25, -0.2) is 0 Å². The van der Waals surface area contributed by atoms with Crippen LogP contribution in [-0.4, -0.2) is 22.7 Å². The van der Waals surface area contributed by atoms with Crippen molar-refractivity contribution in [3.63, 3.8) is 0 Å². The average Bonchev–Trinajstić information content (AvgIpc) is 2.60. The summed E-state index contributed by atoms with van der Waals surface area (Å²) in [5.41, 5.74) is 1.25. The largest absolute Gasteiger partial charge is 0.377 e. The first-order chi connectivity index (χ1) is 11.3. The highest BCUT2D eigenvalue weighted by molar-refractivity contribution is 14.1. The van der Waals surface area contributed by atoms with Gasteiger partial charge in [-0.2, -0.15) is 0 Å². The zero-order chi connectivity index (χ0) is 15.9. The lowest BCUT2D eigenvalue weighted by atomic mass is 9.82. The van der Waals surface area contributed by atoms with Crippen LogP contribution in [0.2, 0.25) is 0 Å². The molecule has 0 aromatic heterocycles. The Morgan fingerprint density at radius 1 is 1.04 bits per heavy atom. The van der Waals surface area contributed by atoms with Crippen molar-refractivity contribution in [1.82, 2.24) is 0 Å². The average molecular weight is 428 g/mol. The third-order valence-corrected chi connectivity index (χ3v) is 6.26. The number of hydrogen-bond donors (Lipinski definition) is 0. The van der Waals surface area contributed by atoms with Gasteiger partial charge in [-0.05, 0) is 43.6 Å². The molecule has 0 amide bonds. The maximum Gasteiger partial charge on any atom is 0.0716 e. The minimum absolute atomic E-state index is 0.397. The van der Waals surface area contributed by atoms with Crippen LogP contribution in [0.3, 0.4) is 0 Å². The lowest BCUT2D eigenvalue weighted by molar-refractivity contribution is -0.0899. The molecule has 1 aliphatic heterocycles. The number of rotatable bonds is 6. The van der Waals surface area contributed by atoms with Crippen molar-refractivity contribution in [3.8, 4) is 0 Å². The molecule has 128 valence electrons. The molecule has 2 nitrogen and oxygen atoms in total. The summed E-state index contributed by atoms with van der Waals surface area (Å²) in [7, 11) is 0. The van der Waals surface area contributed by atoms with E-state index in [0.29, 0.717) is 18.8 Å². The highest BCUT2D eigenvalue weighted by Crippen LogP contribution is 2.36. The van der Waals surface area contributed by atoms with E-state index in [4.69, 9.17) is 9.47 Å². The van der Waals surface area contributed by atoms with Gasteiger partial charge in [-0.15, -0.1) is 0 Å². The first kappa shape index (κ1) is 17.7. The lowest BCUT2D eigenvalue weighted by Crippen LogP contribution is -2.39. The van der Waals surface area contributed by atoms with Crippen LogP contribution in [0.5, 0.6) is 0 Å². The maximum absolute atomic E-state index is 6.46. The summed E-state index contributed by atoms with van der Waals surface area (Å²) in [6.07, 6.45) is 11.4.